The molecule has 7 rings (SSSR count). The fourth-order valence-electron chi connectivity index (χ4n) is 7.68. The maximum Gasteiger partial charge on any atom is 0.150 e. The molecule has 280 valence electrons. The van der Waals surface area contributed by atoms with Crippen LogP contribution in [0.3, 0.4) is 0 Å². The van der Waals surface area contributed by atoms with E-state index in [9.17, 15) is 4.79 Å². The lowest BCUT2D eigenvalue weighted by atomic mass is 9.92. The Balaban J connectivity index is 1.26. The van der Waals surface area contributed by atoms with Gasteiger partial charge in [0.25, 0.3) is 0 Å². The van der Waals surface area contributed by atoms with Crippen molar-refractivity contribution in [2.24, 2.45) is 0 Å². The SMILES string of the molecule is COc1ccc(-c2ccc(C[P+](c3ccccc3)(c3ccccc3)c3ccccc3)cc2OC)c(CCc2ccc(OC)c(-c3cc(C=O)ccc3OC)c2)c1. The lowest BCUT2D eigenvalue weighted by molar-refractivity contribution is 0.112. The number of carbonyl (C=O) groups is 1. The van der Waals surface area contributed by atoms with Crippen LogP contribution >= 0.6 is 7.26 Å². The van der Waals surface area contributed by atoms with E-state index >= 15 is 0 Å². The van der Waals surface area contributed by atoms with Gasteiger partial charge in [0.15, 0.2) is 0 Å². The van der Waals surface area contributed by atoms with E-state index in [4.69, 9.17) is 18.9 Å². The van der Waals surface area contributed by atoms with Crippen molar-refractivity contribution in [2.45, 2.75) is 19.0 Å². The lowest BCUT2D eigenvalue weighted by Crippen LogP contribution is -2.32. The molecule has 0 bridgehead atoms. The Morgan fingerprint density at radius 3 is 1.54 bits per heavy atom. The molecule has 0 radical (unpaired) electrons. The molecule has 7 aromatic carbocycles. The molecule has 0 aliphatic heterocycles. The van der Waals surface area contributed by atoms with E-state index in [2.05, 4.69) is 133 Å². The summed E-state index contributed by atoms with van der Waals surface area (Å²) in [5.41, 5.74) is 7.86. The van der Waals surface area contributed by atoms with Gasteiger partial charge in [-0.3, -0.25) is 4.79 Å². The van der Waals surface area contributed by atoms with E-state index in [1.165, 1.54) is 21.5 Å². The van der Waals surface area contributed by atoms with Crippen molar-refractivity contribution in [3.8, 4) is 45.3 Å². The van der Waals surface area contributed by atoms with Gasteiger partial charge in [0.2, 0.25) is 0 Å². The average Bonchev–Trinajstić information content (AvgIpc) is 3.27. The van der Waals surface area contributed by atoms with E-state index in [1.54, 1.807) is 34.5 Å². The first kappa shape index (κ1) is 38.1. The Morgan fingerprint density at radius 2 is 0.982 bits per heavy atom. The van der Waals surface area contributed by atoms with Gasteiger partial charge in [-0.25, -0.2) is 0 Å². The molecule has 0 amide bonds. The molecular formula is C50H46O5P+. The van der Waals surface area contributed by atoms with Gasteiger partial charge in [-0.15, -0.1) is 0 Å². The topological polar surface area (TPSA) is 54.0 Å². The van der Waals surface area contributed by atoms with Crippen LogP contribution < -0.4 is 34.9 Å². The van der Waals surface area contributed by atoms with Crippen LogP contribution in [0, 0.1) is 0 Å². The Kier molecular flexibility index (Phi) is 11.9. The number of aryl methyl sites for hydroxylation is 2. The van der Waals surface area contributed by atoms with E-state index in [1.807, 2.05) is 24.3 Å². The van der Waals surface area contributed by atoms with Crippen LogP contribution in [-0.2, 0) is 19.0 Å². The Labute approximate surface area is 330 Å². The monoisotopic (exact) mass is 757 g/mol. The van der Waals surface area contributed by atoms with Gasteiger partial charge in [0, 0.05) is 22.3 Å². The molecule has 0 aliphatic rings. The molecule has 0 saturated heterocycles. The van der Waals surface area contributed by atoms with E-state index in [0.717, 1.165) is 70.2 Å². The smallest absolute Gasteiger partial charge is 0.150 e. The van der Waals surface area contributed by atoms with Crippen molar-refractivity contribution in [3.05, 3.63) is 186 Å². The number of ether oxygens (including phenoxy) is 4. The maximum absolute atomic E-state index is 11.7. The van der Waals surface area contributed by atoms with Crippen LogP contribution in [0.2, 0.25) is 0 Å². The Hall–Kier alpha value is -6.16. The van der Waals surface area contributed by atoms with Crippen molar-refractivity contribution < 1.29 is 23.7 Å². The third-order valence-corrected chi connectivity index (χ3v) is 14.9. The minimum Gasteiger partial charge on any atom is -0.497 e. The summed E-state index contributed by atoms with van der Waals surface area (Å²) < 4.78 is 23.4. The molecule has 0 unspecified atom stereocenters. The normalized spacial score (nSPS) is 11.1. The molecule has 56 heavy (non-hydrogen) atoms. The number of hydrogen-bond donors (Lipinski definition) is 0. The van der Waals surface area contributed by atoms with Crippen LogP contribution in [0.1, 0.15) is 27.0 Å². The van der Waals surface area contributed by atoms with Crippen molar-refractivity contribution in [2.75, 3.05) is 28.4 Å². The van der Waals surface area contributed by atoms with Crippen LogP contribution in [0.15, 0.2) is 164 Å². The molecule has 0 aromatic heterocycles. The maximum atomic E-state index is 11.7. The van der Waals surface area contributed by atoms with E-state index in [0.29, 0.717) is 17.1 Å². The number of methoxy groups -OCH3 is 4. The second-order valence-corrected chi connectivity index (χ2v) is 17.1. The third-order valence-electron chi connectivity index (χ3n) is 10.5. The molecule has 7 aromatic rings. The molecule has 0 aliphatic carbocycles. The summed E-state index contributed by atoms with van der Waals surface area (Å²) in [5.74, 6) is 3.01. The van der Waals surface area contributed by atoms with Crippen LogP contribution in [-0.4, -0.2) is 34.7 Å². The standard InChI is InChI=1S/C50H46O5P/c1-52-40-25-27-44(39(33-40)24-20-36-22-28-48(53-2)46(30-36)47-31-37(34-51)23-29-49(47)54-3)45-26-21-38(32-50(45)55-4)35-56(41-14-8-5-9-15-41,42-16-10-6-11-17-42)43-18-12-7-13-19-43/h5-19,21-23,25-34H,20,24,35H2,1-4H3/q+1. The zero-order chi connectivity index (χ0) is 38.9. The van der Waals surface area contributed by atoms with Gasteiger partial charge in [-0.05, 0) is 120 Å². The van der Waals surface area contributed by atoms with Crippen LogP contribution in [0.25, 0.3) is 22.3 Å². The highest BCUT2D eigenvalue weighted by atomic mass is 31.2. The zero-order valence-electron chi connectivity index (χ0n) is 32.3. The molecule has 0 fully saturated rings. The van der Waals surface area contributed by atoms with Crippen molar-refractivity contribution >= 4 is 29.5 Å². The molecule has 0 saturated carbocycles. The summed E-state index contributed by atoms with van der Waals surface area (Å²) in [6.07, 6.45) is 3.19. The summed E-state index contributed by atoms with van der Waals surface area (Å²) in [6, 6.07) is 57.5. The summed E-state index contributed by atoms with van der Waals surface area (Å²) in [6.45, 7) is 0. The molecule has 0 spiro atoms. The van der Waals surface area contributed by atoms with Crippen molar-refractivity contribution in [3.63, 3.8) is 0 Å². The predicted molar refractivity (Wildman–Crippen MR) is 232 cm³/mol. The van der Waals surface area contributed by atoms with Gasteiger partial charge in [0.1, 0.15) is 52.5 Å². The summed E-state index contributed by atoms with van der Waals surface area (Å²) >= 11 is 0. The van der Waals surface area contributed by atoms with Crippen LogP contribution in [0.4, 0.5) is 0 Å². The zero-order valence-corrected chi connectivity index (χ0v) is 33.2. The van der Waals surface area contributed by atoms with Crippen LogP contribution in [0.5, 0.6) is 23.0 Å². The lowest BCUT2D eigenvalue weighted by Gasteiger charge is -2.28. The predicted octanol–water partition coefficient (Wildman–Crippen LogP) is 10.1. The van der Waals surface area contributed by atoms with Gasteiger partial charge >= 0.3 is 0 Å². The van der Waals surface area contributed by atoms with E-state index in [-0.39, 0.29) is 0 Å². The van der Waals surface area contributed by atoms with E-state index < -0.39 is 7.26 Å². The van der Waals surface area contributed by atoms with Gasteiger partial charge in [-0.1, -0.05) is 78.9 Å². The minimum absolute atomic E-state index is 0.571. The van der Waals surface area contributed by atoms with Crippen molar-refractivity contribution in [1.82, 2.24) is 0 Å². The van der Waals surface area contributed by atoms with Crippen molar-refractivity contribution in [1.29, 1.82) is 0 Å². The second kappa shape index (κ2) is 17.5. The molecule has 0 heterocycles. The van der Waals surface area contributed by atoms with Gasteiger partial charge < -0.3 is 18.9 Å². The average molecular weight is 758 g/mol. The summed E-state index contributed by atoms with van der Waals surface area (Å²) in [5, 5.41) is 4.03. The first-order chi connectivity index (χ1) is 27.5. The molecule has 6 heteroatoms. The highest BCUT2D eigenvalue weighted by molar-refractivity contribution is 7.95. The number of hydrogen-bond acceptors (Lipinski definition) is 5. The fraction of sp³-hybridized carbons (Fsp3) is 0.140. The number of aldehydes is 1. The Morgan fingerprint density at radius 1 is 0.446 bits per heavy atom. The summed E-state index contributed by atoms with van der Waals surface area (Å²) in [4.78, 5) is 11.7. The van der Waals surface area contributed by atoms with Gasteiger partial charge in [-0.2, -0.15) is 0 Å². The van der Waals surface area contributed by atoms with Gasteiger partial charge in [0.05, 0.1) is 34.6 Å². The largest absolute Gasteiger partial charge is 0.497 e. The number of rotatable bonds is 15. The summed E-state index contributed by atoms with van der Waals surface area (Å²) in [7, 11) is 4.64. The molecule has 5 nitrogen and oxygen atoms in total. The molecular weight excluding hydrogens is 712 g/mol. The first-order valence-electron chi connectivity index (χ1n) is 18.7. The fourth-order valence-corrected chi connectivity index (χ4v) is 11.9. The quantitative estimate of drug-likeness (QED) is 0.0770. The number of benzene rings is 7. The number of carbonyl (C=O) groups excluding carboxylic acids is 1. The highest BCUT2D eigenvalue weighted by Gasteiger charge is 2.45. The second-order valence-electron chi connectivity index (χ2n) is 13.6. The molecule has 0 atom stereocenters. The third kappa shape index (κ3) is 7.82. The minimum atomic E-state index is -2.11. The first-order valence-corrected chi connectivity index (χ1v) is 20.7. The molecule has 0 N–H and O–H groups in total. The Bertz CT molecular complexity index is 2310. The highest BCUT2D eigenvalue weighted by Crippen LogP contribution is 2.58.